The molecule has 0 saturated carbocycles. The molecule has 0 saturated heterocycles. The second-order valence-corrected chi connectivity index (χ2v) is 9.02. The van der Waals surface area contributed by atoms with Crippen LogP contribution in [0.1, 0.15) is 10.4 Å². The van der Waals surface area contributed by atoms with Crippen LogP contribution in [0.3, 0.4) is 0 Å². The highest BCUT2D eigenvalue weighted by atomic mass is 35.5. The number of rotatable bonds is 4. The quantitative estimate of drug-likeness (QED) is 0.733. The summed E-state index contributed by atoms with van der Waals surface area (Å²) in [7, 11) is -0.613. The average molecular weight is 396 g/mol. The van der Waals surface area contributed by atoms with Gasteiger partial charge in [0, 0.05) is 24.7 Å². The van der Waals surface area contributed by atoms with Crippen LogP contribution in [0.5, 0.6) is 0 Å². The Morgan fingerprint density at radius 1 is 1.16 bits per heavy atom. The predicted octanol–water partition coefficient (Wildman–Crippen LogP) is 3.45. The fraction of sp³-hybridized carbons (Fsp3) is 0.125. The van der Waals surface area contributed by atoms with Gasteiger partial charge in [-0.1, -0.05) is 22.9 Å². The highest BCUT2D eigenvalue weighted by Crippen LogP contribution is 2.28. The number of hydrogen-bond acceptors (Lipinski definition) is 5. The van der Waals surface area contributed by atoms with Crippen molar-refractivity contribution in [2.24, 2.45) is 0 Å². The van der Waals surface area contributed by atoms with E-state index >= 15 is 0 Å². The van der Waals surface area contributed by atoms with Gasteiger partial charge in [0.05, 0.1) is 15.1 Å². The molecule has 25 heavy (non-hydrogen) atoms. The van der Waals surface area contributed by atoms with Crippen molar-refractivity contribution in [2.45, 2.75) is 4.90 Å². The Labute approximate surface area is 154 Å². The van der Waals surface area contributed by atoms with E-state index in [2.05, 4.69) is 10.3 Å². The number of halogens is 1. The van der Waals surface area contributed by atoms with Crippen molar-refractivity contribution < 1.29 is 13.2 Å². The molecule has 0 spiro atoms. The van der Waals surface area contributed by atoms with E-state index in [0.29, 0.717) is 15.7 Å². The maximum atomic E-state index is 12.3. The molecule has 1 heterocycles. The Kier molecular flexibility index (Phi) is 4.79. The third kappa shape index (κ3) is 3.67. The van der Waals surface area contributed by atoms with E-state index in [9.17, 15) is 13.2 Å². The van der Waals surface area contributed by atoms with Crippen LogP contribution < -0.4 is 5.32 Å². The normalized spacial score (nSPS) is 11.8. The summed E-state index contributed by atoms with van der Waals surface area (Å²) in [4.78, 5) is 16.8. The molecule has 3 rings (SSSR count). The number of nitrogens with zero attached hydrogens (tertiary/aromatic N) is 2. The lowest BCUT2D eigenvalue weighted by atomic mass is 10.2. The fourth-order valence-corrected chi connectivity index (χ4v) is 4.15. The van der Waals surface area contributed by atoms with Crippen molar-refractivity contribution in [3.63, 3.8) is 0 Å². The zero-order valence-corrected chi connectivity index (χ0v) is 15.7. The predicted molar refractivity (Wildman–Crippen MR) is 99.9 cm³/mol. The van der Waals surface area contributed by atoms with E-state index in [1.54, 1.807) is 18.2 Å². The van der Waals surface area contributed by atoms with E-state index in [-0.39, 0.29) is 10.8 Å². The van der Waals surface area contributed by atoms with Gasteiger partial charge < -0.3 is 0 Å². The van der Waals surface area contributed by atoms with E-state index in [4.69, 9.17) is 11.6 Å². The Balaban J connectivity index is 1.81. The maximum absolute atomic E-state index is 12.3. The van der Waals surface area contributed by atoms with Crippen molar-refractivity contribution >= 4 is 54.2 Å². The van der Waals surface area contributed by atoms with Crippen molar-refractivity contribution in [1.29, 1.82) is 0 Å². The highest BCUT2D eigenvalue weighted by molar-refractivity contribution is 7.89. The molecule has 0 fully saturated rings. The summed E-state index contributed by atoms with van der Waals surface area (Å²) < 4.78 is 26.1. The Morgan fingerprint density at radius 2 is 1.84 bits per heavy atom. The van der Waals surface area contributed by atoms with Crippen LogP contribution in [-0.4, -0.2) is 37.7 Å². The van der Waals surface area contributed by atoms with E-state index in [1.165, 1.54) is 49.7 Å². The lowest BCUT2D eigenvalue weighted by molar-refractivity contribution is 0.102. The van der Waals surface area contributed by atoms with E-state index in [0.717, 1.165) is 14.5 Å². The lowest BCUT2D eigenvalue weighted by Gasteiger charge is -2.11. The first-order valence-corrected chi connectivity index (χ1v) is 9.81. The topological polar surface area (TPSA) is 79.4 Å². The smallest absolute Gasteiger partial charge is 0.257 e. The summed E-state index contributed by atoms with van der Waals surface area (Å²) in [6.07, 6.45) is 0. The van der Waals surface area contributed by atoms with Crippen molar-refractivity contribution in [3.05, 3.63) is 53.1 Å². The number of amides is 1. The Hall–Kier alpha value is -2.00. The van der Waals surface area contributed by atoms with Crippen LogP contribution in [0.4, 0.5) is 5.13 Å². The third-order valence-electron chi connectivity index (χ3n) is 3.47. The second-order valence-electron chi connectivity index (χ2n) is 5.40. The molecule has 1 amide bonds. The van der Waals surface area contributed by atoms with Crippen LogP contribution in [0.2, 0.25) is 5.02 Å². The second kappa shape index (κ2) is 6.72. The number of anilines is 1. The van der Waals surface area contributed by atoms with Gasteiger partial charge in [0.15, 0.2) is 5.13 Å². The molecule has 3 aromatic rings. The molecule has 0 unspecified atom stereocenters. The lowest BCUT2D eigenvalue weighted by Crippen LogP contribution is -2.22. The number of sulfonamides is 1. The highest BCUT2D eigenvalue weighted by Gasteiger charge is 2.18. The van der Waals surface area contributed by atoms with Crippen LogP contribution in [0.15, 0.2) is 47.4 Å². The van der Waals surface area contributed by atoms with Gasteiger partial charge in [0.2, 0.25) is 10.0 Å². The number of hydrogen-bond donors (Lipinski definition) is 1. The molecule has 1 aromatic heterocycles. The van der Waals surface area contributed by atoms with Crippen LogP contribution in [-0.2, 0) is 10.0 Å². The first kappa shape index (κ1) is 17.8. The van der Waals surface area contributed by atoms with Crippen LogP contribution in [0, 0.1) is 0 Å². The van der Waals surface area contributed by atoms with Crippen LogP contribution >= 0.6 is 22.9 Å². The van der Waals surface area contributed by atoms with Gasteiger partial charge in [-0.05, 0) is 42.5 Å². The number of aromatic nitrogens is 1. The average Bonchev–Trinajstić information content (AvgIpc) is 2.96. The number of nitrogens with one attached hydrogen (secondary N) is 1. The number of thiazole rings is 1. The Bertz CT molecular complexity index is 1040. The molecular weight excluding hydrogens is 382 g/mol. The van der Waals surface area contributed by atoms with Gasteiger partial charge in [-0.25, -0.2) is 17.7 Å². The molecule has 0 atom stereocenters. The fourth-order valence-electron chi connectivity index (χ4n) is 2.11. The minimum absolute atomic E-state index is 0.128. The van der Waals surface area contributed by atoms with Crippen molar-refractivity contribution in [3.8, 4) is 0 Å². The van der Waals surface area contributed by atoms with Crippen molar-refractivity contribution in [1.82, 2.24) is 9.29 Å². The Morgan fingerprint density at radius 3 is 2.48 bits per heavy atom. The molecule has 0 radical (unpaired) electrons. The van der Waals surface area contributed by atoms with E-state index in [1.807, 2.05) is 0 Å². The molecule has 1 N–H and O–H groups in total. The first-order chi connectivity index (χ1) is 11.8. The van der Waals surface area contributed by atoms with Gasteiger partial charge in [-0.15, -0.1) is 0 Å². The molecule has 9 heteroatoms. The number of benzene rings is 2. The minimum atomic E-state index is -3.52. The molecule has 0 aliphatic rings. The SMILES string of the molecule is CN(C)S(=O)(=O)c1ccc(C(=O)Nc2nc3ccc(Cl)cc3s2)cc1. The minimum Gasteiger partial charge on any atom is -0.298 e. The van der Waals surface area contributed by atoms with Gasteiger partial charge in [0.1, 0.15) is 0 Å². The summed E-state index contributed by atoms with van der Waals surface area (Å²) in [5.41, 5.74) is 1.09. The third-order valence-corrected chi connectivity index (χ3v) is 6.46. The molecule has 0 bridgehead atoms. The number of fused-ring (bicyclic) bond motifs is 1. The summed E-state index contributed by atoms with van der Waals surface area (Å²) in [6, 6.07) is 11.0. The summed E-state index contributed by atoms with van der Waals surface area (Å²) in [6.45, 7) is 0. The molecule has 2 aromatic carbocycles. The molecule has 0 aliphatic heterocycles. The van der Waals surface area contributed by atoms with E-state index < -0.39 is 10.0 Å². The van der Waals surface area contributed by atoms with Gasteiger partial charge in [0.25, 0.3) is 5.91 Å². The van der Waals surface area contributed by atoms with Gasteiger partial charge in [-0.3, -0.25) is 10.1 Å². The first-order valence-electron chi connectivity index (χ1n) is 7.17. The largest absolute Gasteiger partial charge is 0.298 e. The zero-order valence-electron chi connectivity index (χ0n) is 13.4. The van der Waals surface area contributed by atoms with Crippen LogP contribution in [0.25, 0.3) is 10.2 Å². The molecule has 6 nitrogen and oxygen atoms in total. The maximum Gasteiger partial charge on any atom is 0.257 e. The van der Waals surface area contributed by atoms with Gasteiger partial charge >= 0.3 is 0 Å². The molecular formula is C16H14ClN3O3S2. The molecule has 0 aliphatic carbocycles. The summed E-state index contributed by atoms with van der Waals surface area (Å²) >= 11 is 7.26. The monoisotopic (exact) mass is 395 g/mol. The van der Waals surface area contributed by atoms with Gasteiger partial charge in [-0.2, -0.15) is 0 Å². The summed E-state index contributed by atoms with van der Waals surface area (Å²) in [5, 5.41) is 3.77. The zero-order chi connectivity index (χ0) is 18.2. The number of carbonyl (C=O) groups is 1. The van der Waals surface area contributed by atoms with Crippen molar-refractivity contribution in [2.75, 3.05) is 19.4 Å². The number of carbonyl (C=O) groups excluding carboxylic acids is 1. The summed E-state index contributed by atoms with van der Waals surface area (Å²) in [5.74, 6) is -0.362. The standard InChI is InChI=1S/C16H14ClN3O3S2/c1-20(2)25(22,23)12-6-3-10(4-7-12)15(21)19-16-18-13-8-5-11(17)9-14(13)24-16/h3-9H,1-2H3,(H,18,19,21). The molecule has 130 valence electrons.